The average Bonchev–Trinajstić information content (AvgIpc) is 2.77. The fourth-order valence-corrected chi connectivity index (χ4v) is 3.18. The van der Waals surface area contributed by atoms with Crippen LogP contribution in [-0.4, -0.2) is 21.4 Å². The lowest BCUT2D eigenvalue weighted by Crippen LogP contribution is -2.29. The molecule has 4 rings (SSSR count). The molecular formula is C22H18N4O4. The van der Waals surface area contributed by atoms with Gasteiger partial charge in [-0.2, -0.15) is 10.2 Å². The van der Waals surface area contributed by atoms with E-state index in [1.54, 1.807) is 56.3 Å². The van der Waals surface area contributed by atoms with Crippen LogP contribution in [0.1, 0.15) is 29.9 Å². The molecule has 0 radical (unpaired) electrons. The summed E-state index contributed by atoms with van der Waals surface area (Å²) in [6.07, 6.45) is 0. The summed E-state index contributed by atoms with van der Waals surface area (Å²) < 4.78 is 6.53. The summed E-state index contributed by atoms with van der Waals surface area (Å²) in [7, 11) is 0. The van der Waals surface area contributed by atoms with Crippen LogP contribution >= 0.6 is 0 Å². The standard InChI is InChI=1S/C22H18N4O4/c1-3-26-21(28)16-10-6-5-9-15(16)19(25-26)20(27)24-23-13(2)17-12-14-8-4-7-11-18(14)30-22(17)29/h4-12H,3H2,1-2H3,(H,24,27)/b23-13-. The summed E-state index contributed by atoms with van der Waals surface area (Å²) in [4.78, 5) is 37.5. The highest BCUT2D eigenvalue weighted by molar-refractivity contribution is 6.06. The van der Waals surface area contributed by atoms with Gasteiger partial charge >= 0.3 is 5.63 Å². The molecule has 8 nitrogen and oxygen atoms in total. The maximum absolute atomic E-state index is 12.8. The van der Waals surface area contributed by atoms with Crippen molar-refractivity contribution in [1.82, 2.24) is 15.2 Å². The third-order valence-electron chi connectivity index (χ3n) is 4.74. The van der Waals surface area contributed by atoms with Gasteiger partial charge < -0.3 is 4.42 Å². The van der Waals surface area contributed by atoms with Crippen LogP contribution in [0.4, 0.5) is 0 Å². The topological polar surface area (TPSA) is 107 Å². The molecule has 2 aromatic carbocycles. The molecule has 0 aliphatic rings. The Labute approximate surface area is 170 Å². The lowest BCUT2D eigenvalue weighted by atomic mass is 10.1. The van der Waals surface area contributed by atoms with Crippen LogP contribution in [0.2, 0.25) is 0 Å². The van der Waals surface area contributed by atoms with Crippen LogP contribution in [0.15, 0.2) is 73.7 Å². The number of benzene rings is 2. The Kier molecular flexibility index (Phi) is 4.97. The van der Waals surface area contributed by atoms with Crippen LogP contribution in [0.25, 0.3) is 21.7 Å². The van der Waals surface area contributed by atoms with Gasteiger partial charge in [-0.1, -0.05) is 36.4 Å². The van der Waals surface area contributed by atoms with Gasteiger partial charge in [0.25, 0.3) is 11.5 Å². The minimum absolute atomic E-state index is 0.0779. The highest BCUT2D eigenvalue weighted by Crippen LogP contribution is 2.14. The van der Waals surface area contributed by atoms with E-state index in [9.17, 15) is 14.4 Å². The molecule has 0 saturated carbocycles. The van der Waals surface area contributed by atoms with Gasteiger partial charge in [-0.25, -0.2) is 14.9 Å². The lowest BCUT2D eigenvalue weighted by molar-refractivity contribution is 0.0949. The van der Waals surface area contributed by atoms with Crippen molar-refractivity contribution < 1.29 is 9.21 Å². The van der Waals surface area contributed by atoms with E-state index in [0.717, 1.165) is 5.39 Å². The molecule has 2 aromatic heterocycles. The maximum Gasteiger partial charge on any atom is 0.345 e. The summed E-state index contributed by atoms with van der Waals surface area (Å²) in [5.41, 5.74) is 2.69. The zero-order valence-electron chi connectivity index (χ0n) is 16.4. The van der Waals surface area contributed by atoms with Gasteiger partial charge in [-0.3, -0.25) is 9.59 Å². The third kappa shape index (κ3) is 3.39. The minimum atomic E-state index is -0.585. The van der Waals surface area contributed by atoms with Gasteiger partial charge in [0.2, 0.25) is 0 Å². The molecule has 1 N–H and O–H groups in total. The number of carbonyl (C=O) groups excluding carboxylic acids is 1. The van der Waals surface area contributed by atoms with E-state index in [1.165, 1.54) is 4.68 Å². The first kappa shape index (κ1) is 19.3. The number of para-hydroxylation sites is 1. The molecule has 0 atom stereocenters. The van der Waals surface area contributed by atoms with E-state index < -0.39 is 11.5 Å². The first-order valence-electron chi connectivity index (χ1n) is 9.37. The molecule has 2 heterocycles. The van der Waals surface area contributed by atoms with E-state index in [1.807, 2.05) is 12.1 Å². The highest BCUT2D eigenvalue weighted by Gasteiger charge is 2.16. The predicted octanol–water partition coefficient (Wildman–Crippen LogP) is 2.68. The molecule has 150 valence electrons. The van der Waals surface area contributed by atoms with E-state index in [-0.39, 0.29) is 22.5 Å². The molecule has 0 aliphatic heterocycles. The van der Waals surface area contributed by atoms with Crippen molar-refractivity contribution in [2.75, 3.05) is 0 Å². The number of hydrazone groups is 1. The lowest BCUT2D eigenvalue weighted by Gasteiger charge is -2.09. The Bertz CT molecular complexity index is 1430. The summed E-state index contributed by atoms with van der Waals surface area (Å²) in [5.74, 6) is -0.585. The first-order valence-corrected chi connectivity index (χ1v) is 9.37. The van der Waals surface area contributed by atoms with Gasteiger partial charge in [0.15, 0.2) is 5.69 Å². The van der Waals surface area contributed by atoms with Gasteiger partial charge in [0, 0.05) is 17.3 Å². The Morgan fingerprint density at radius 2 is 1.80 bits per heavy atom. The molecule has 0 saturated heterocycles. The quantitative estimate of drug-likeness (QED) is 0.321. The number of carbonyl (C=O) groups is 1. The Balaban J connectivity index is 1.71. The minimum Gasteiger partial charge on any atom is -0.422 e. The number of aryl methyl sites for hydroxylation is 1. The number of hydrogen-bond acceptors (Lipinski definition) is 6. The van der Waals surface area contributed by atoms with E-state index in [2.05, 4.69) is 15.6 Å². The molecule has 0 bridgehead atoms. The Morgan fingerprint density at radius 3 is 2.57 bits per heavy atom. The van der Waals surface area contributed by atoms with Crippen molar-refractivity contribution >= 4 is 33.4 Å². The zero-order chi connectivity index (χ0) is 21.3. The van der Waals surface area contributed by atoms with Gasteiger partial charge in [-0.15, -0.1) is 0 Å². The van der Waals surface area contributed by atoms with Crippen molar-refractivity contribution in [1.29, 1.82) is 0 Å². The highest BCUT2D eigenvalue weighted by atomic mass is 16.4. The number of fused-ring (bicyclic) bond motifs is 2. The smallest absolute Gasteiger partial charge is 0.345 e. The summed E-state index contributed by atoms with van der Waals surface area (Å²) in [6, 6.07) is 15.6. The van der Waals surface area contributed by atoms with Crippen LogP contribution in [-0.2, 0) is 6.54 Å². The number of hydrogen-bond donors (Lipinski definition) is 1. The summed E-state index contributed by atoms with van der Waals surface area (Å²) in [5, 5.41) is 9.80. The van der Waals surface area contributed by atoms with Crippen LogP contribution in [0, 0.1) is 0 Å². The average molecular weight is 402 g/mol. The zero-order valence-corrected chi connectivity index (χ0v) is 16.4. The Morgan fingerprint density at radius 1 is 1.10 bits per heavy atom. The fraction of sp³-hybridized carbons (Fsp3) is 0.136. The van der Waals surface area contributed by atoms with Crippen molar-refractivity contribution in [3.63, 3.8) is 0 Å². The second-order valence-corrected chi connectivity index (χ2v) is 6.64. The molecule has 4 aromatic rings. The third-order valence-corrected chi connectivity index (χ3v) is 4.74. The van der Waals surface area contributed by atoms with E-state index in [0.29, 0.717) is 22.9 Å². The number of nitrogens with zero attached hydrogens (tertiary/aromatic N) is 3. The SMILES string of the molecule is CCn1nc(C(=O)N/N=C(/C)c2cc3ccccc3oc2=O)c2ccccc2c1=O. The van der Waals surface area contributed by atoms with Crippen molar-refractivity contribution in [3.8, 4) is 0 Å². The van der Waals surface area contributed by atoms with Crippen LogP contribution in [0.3, 0.4) is 0 Å². The molecule has 0 unspecified atom stereocenters. The summed E-state index contributed by atoms with van der Waals surface area (Å²) >= 11 is 0. The first-order chi connectivity index (χ1) is 14.5. The molecule has 30 heavy (non-hydrogen) atoms. The van der Waals surface area contributed by atoms with Crippen molar-refractivity contribution in [2.45, 2.75) is 20.4 Å². The van der Waals surface area contributed by atoms with Crippen molar-refractivity contribution in [2.24, 2.45) is 5.10 Å². The number of nitrogens with one attached hydrogen (secondary N) is 1. The van der Waals surface area contributed by atoms with Gasteiger partial charge in [-0.05, 0) is 32.0 Å². The van der Waals surface area contributed by atoms with Gasteiger partial charge in [0.05, 0.1) is 16.7 Å². The molecule has 0 aliphatic carbocycles. The normalized spacial score (nSPS) is 11.7. The fourth-order valence-electron chi connectivity index (χ4n) is 3.18. The maximum atomic E-state index is 12.8. The molecular weight excluding hydrogens is 384 g/mol. The largest absolute Gasteiger partial charge is 0.422 e. The molecule has 8 heteroatoms. The van der Waals surface area contributed by atoms with Crippen molar-refractivity contribution in [3.05, 3.63) is 86.6 Å². The Hall–Kier alpha value is -4.07. The number of amides is 1. The molecule has 0 spiro atoms. The predicted molar refractivity (Wildman–Crippen MR) is 114 cm³/mol. The van der Waals surface area contributed by atoms with Crippen LogP contribution in [0.5, 0.6) is 0 Å². The van der Waals surface area contributed by atoms with E-state index in [4.69, 9.17) is 4.42 Å². The second kappa shape index (κ2) is 7.75. The second-order valence-electron chi connectivity index (χ2n) is 6.64. The number of rotatable bonds is 4. The summed E-state index contributed by atoms with van der Waals surface area (Å²) in [6.45, 7) is 3.69. The van der Waals surface area contributed by atoms with Gasteiger partial charge in [0.1, 0.15) is 5.58 Å². The molecule has 0 fully saturated rings. The molecule has 1 amide bonds. The monoisotopic (exact) mass is 402 g/mol. The van der Waals surface area contributed by atoms with E-state index >= 15 is 0 Å². The number of aromatic nitrogens is 2. The van der Waals surface area contributed by atoms with Crippen LogP contribution < -0.4 is 16.6 Å².